The summed E-state index contributed by atoms with van der Waals surface area (Å²) in [5, 5.41) is 14.9. The molecule has 3 atom stereocenters. The molecule has 0 aliphatic rings. The van der Waals surface area contributed by atoms with E-state index in [1.807, 2.05) is 44.2 Å². The lowest BCUT2D eigenvalue weighted by atomic mass is 10.1. The zero-order chi connectivity index (χ0) is 16.5. The third kappa shape index (κ3) is 7.45. The first-order valence-electron chi connectivity index (χ1n) is 7.51. The molecule has 130 valence electrons. The van der Waals surface area contributed by atoms with Crippen LogP contribution in [-0.2, 0) is 9.59 Å². The van der Waals surface area contributed by atoms with Crippen LogP contribution in [0.2, 0.25) is 0 Å². The average Bonchev–Trinajstić information content (AvgIpc) is 2.52. The summed E-state index contributed by atoms with van der Waals surface area (Å²) >= 11 is 0. The van der Waals surface area contributed by atoms with Gasteiger partial charge < -0.3 is 21.5 Å². The van der Waals surface area contributed by atoms with Gasteiger partial charge in [-0.2, -0.15) is 0 Å². The minimum atomic E-state index is -1.29. The Labute approximate surface area is 143 Å². The molecule has 5 N–H and O–H groups in total. The number of aliphatic hydroxyl groups excluding tert-OH is 1. The van der Waals surface area contributed by atoms with Gasteiger partial charge in [-0.05, 0) is 18.9 Å². The van der Waals surface area contributed by atoms with Crippen LogP contribution in [0.4, 0.5) is 0 Å². The highest BCUT2D eigenvalue weighted by molar-refractivity contribution is 5.87. The number of carbonyl (C=O) groups excluding carboxylic acids is 2. The van der Waals surface area contributed by atoms with Crippen molar-refractivity contribution in [2.75, 3.05) is 6.54 Å². The van der Waals surface area contributed by atoms with Crippen LogP contribution in [-0.4, -0.2) is 35.6 Å². The average molecular weight is 344 g/mol. The SMILES string of the molecule is CCC[C@H](N)C(O)C(=O)NCC(=O)N[C@H](C)c1ccccc1.Cl. The van der Waals surface area contributed by atoms with Gasteiger partial charge in [-0.3, -0.25) is 9.59 Å². The topological polar surface area (TPSA) is 104 Å². The van der Waals surface area contributed by atoms with Gasteiger partial charge >= 0.3 is 0 Å². The van der Waals surface area contributed by atoms with Crippen LogP contribution in [0.3, 0.4) is 0 Å². The molecule has 0 radical (unpaired) electrons. The van der Waals surface area contributed by atoms with Gasteiger partial charge in [0.05, 0.1) is 12.6 Å². The quantitative estimate of drug-likeness (QED) is 0.562. The van der Waals surface area contributed by atoms with E-state index in [9.17, 15) is 14.7 Å². The number of aliphatic hydroxyl groups is 1. The summed E-state index contributed by atoms with van der Waals surface area (Å²) in [6, 6.07) is 8.75. The van der Waals surface area contributed by atoms with Gasteiger partial charge in [-0.15, -0.1) is 12.4 Å². The Balaban J connectivity index is 0.00000484. The molecular weight excluding hydrogens is 318 g/mol. The molecule has 0 heterocycles. The van der Waals surface area contributed by atoms with Crippen LogP contribution < -0.4 is 16.4 Å². The number of hydrogen-bond donors (Lipinski definition) is 4. The second-order valence-electron chi connectivity index (χ2n) is 5.32. The molecule has 1 aromatic rings. The third-order valence-electron chi connectivity index (χ3n) is 3.40. The van der Waals surface area contributed by atoms with E-state index in [4.69, 9.17) is 5.73 Å². The molecule has 1 aromatic carbocycles. The Morgan fingerprint density at radius 2 is 1.87 bits per heavy atom. The Morgan fingerprint density at radius 3 is 2.43 bits per heavy atom. The van der Waals surface area contributed by atoms with Crippen molar-refractivity contribution in [3.63, 3.8) is 0 Å². The Bertz CT molecular complexity index is 485. The van der Waals surface area contributed by atoms with Crippen molar-refractivity contribution in [1.29, 1.82) is 0 Å². The minimum Gasteiger partial charge on any atom is -0.382 e. The summed E-state index contributed by atoms with van der Waals surface area (Å²) in [6.07, 6.45) is 0.0335. The minimum absolute atomic E-state index is 0. The number of hydrogen-bond acceptors (Lipinski definition) is 4. The first-order valence-corrected chi connectivity index (χ1v) is 7.51. The fourth-order valence-corrected chi connectivity index (χ4v) is 2.08. The molecule has 0 spiro atoms. The smallest absolute Gasteiger partial charge is 0.250 e. The van der Waals surface area contributed by atoms with Gasteiger partial charge in [0, 0.05) is 6.04 Å². The standard InChI is InChI=1S/C16H25N3O3.ClH/c1-3-7-13(17)15(21)16(22)18-10-14(20)19-11(2)12-8-5-4-6-9-12;/h4-6,8-9,11,13,15,21H,3,7,10,17H2,1-2H3,(H,18,22)(H,19,20);1H/t11-,13+,15?;/m1./s1. The lowest BCUT2D eigenvalue weighted by Gasteiger charge is -2.18. The fourth-order valence-electron chi connectivity index (χ4n) is 2.08. The summed E-state index contributed by atoms with van der Waals surface area (Å²) in [5.41, 5.74) is 6.66. The second kappa shape index (κ2) is 11.0. The molecular formula is C16H26ClN3O3. The molecule has 1 rings (SSSR count). The number of halogens is 1. The largest absolute Gasteiger partial charge is 0.382 e. The normalized spacial score (nSPS) is 14.1. The van der Waals surface area contributed by atoms with Gasteiger partial charge in [-0.1, -0.05) is 43.7 Å². The highest BCUT2D eigenvalue weighted by Crippen LogP contribution is 2.10. The highest BCUT2D eigenvalue weighted by Gasteiger charge is 2.22. The van der Waals surface area contributed by atoms with Crippen LogP contribution in [0.1, 0.15) is 38.3 Å². The van der Waals surface area contributed by atoms with Crippen molar-refractivity contribution in [3.8, 4) is 0 Å². The van der Waals surface area contributed by atoms with E-state index in [-0.39, 0.29) is 30.9 Å². The Kier molecular flexibility index (Phi) is 10.2. The molecule has 0 fully saturated rings. The van der Waals surface area contributed by atoms with Crippen LogP contribution in [0.15, 0.2) is 30.3 Å². The number of carbonyl (C=O) groups is 2. The van der Waals surface area contributed by atoms with E-state index in [0.717, 1.165) is 12.0 Å². The molecule has 0 saturated carbocycles. The maximum atomic E-state index is 11.8. The molecule has 0 aliphatic heterocycles. The number of benzene rings is 1. The van der Waals surface area contributed by atoms with Gasteiger partial charge in [-0.25, -0.2) is 0 Å². The summed E-state index contributed by atoms with van der Waals surface area (Å²) in [4.78, 5) is 23.5. The second-order valence-corrected chi connectivity index (χ2v) is 5.32. The molecule has 0 aromatic heterocycles. The maximum absolute atomic E-state index is 11.8. The van der Waals surface area contributed by atoms with Gasteiger partial charge in [0.15, 0.2) is 0 Å². The number of nitrogens with one attached hydrogen (secondary N) is 2. The fraction of sp³-hybridized carbons (Fsp3) is 0.500. The first kappa shape index (κ1) is 21.4. The lowest BCUT2D eigenvalue weighted by molar-refractivity contribution is -0.132. The molecule has 2 amide bonds. The lowest BCUT2D eigenvalue weighted by Crippen LogP contribution is -2.48. The first-order chi connectivity index (χ1) is 10.5. The van der Waals surface area contributed by atoms with E-state index >= 15 is 0 Å². The summed E-state index contributed by atoms with van der Waals surface area (Å²) < 4.78 is 0. The number of rotatable bonds is 8. The predicted molar refractivity (Wildman–Crippen MR) is 92.1 cm³/mol. The Morgan fingerprint density at radius 1 is 1.26 bits per heavy atom. The van der Waals surface area contributed by atoms with Crippen LogP contribution >= 0.6 is 12.4 Å². The van der Waals surface area contributed by atoms with Crippen LogP contribution in [0.5, 0.6) is 0 Å². The zero-order valence-corrected chi connectivity index (χ0v) is 14.3. The summed E-state index contributed by atoms with van der Waals surface area (Å²) in [7, 11) is 0. The Hall–Kier alpha value is -1.63. The van der Waals surface area contributed by atoms with Crippen molar-refractivity contribution in [1.82, 2.24) is 10.6 Å². The third-order valence-corrected chi connectivity index (χ3v) is 3.40. The summed E-state index contributed by atoms with van der Waals surface area (Å²) in [6.45, 7) is 3.59. The molecule has 23 heavy (non-hydrogen) atoms. The molecule has 7 heteroatoms. The van der Waals surface area contributed by atoms with Gasteiger partial charge in [0.25, 0.3) is 5.91 Å². The van der Waals surface area contributed by atoms with Crippen molar-refractivity contribution in [2.45, 2.75) is 44.9 Å². The van der Waals surface area contributed by atoms with E-state index in [2.05, 4.69) is 10.6 Å². The molecule has 1 unspecified atom stereocenters. The van der Waals surface area contributed by atoms with E-state index in [1.165, 1.54) is 0 Å². The molecule has 0 saturated heterocycles. The maximum Gasteiger partial charge on any atom is 0.250 e. The predicted octanol–water partition coefficient (Wildman–Crippen LogP) is 0.890. The molecule has 0 bridgehead atoms. The summed E-state index contributed by atoms with van der Waals surface area (Å²) in [5.74, 6) is -0.940. The van der Waals surface area contributed by atoms with Crippen LogP contribution in [0, 0.1) is 0 Å². The van der Waals surface area contributed by atoms with Crippen molar-refractivity contribution in [3.05, 3.63) is 35.9 Å². The molecule has 6 nitrogen and oxygen atoms in total. The number of nitrogens with two attached hydrogens (primary N) is 1. The van der Waals surface area contributed by atoms with E-state index in [0.29, 0.717) is 6.42 Å². The van der Waals surface area contributed by atoms with Gasteiger partial charge in [0.1, 0.15) is 6.10 Å². The van der Waals surface area contributed by atoms with E-state index in [1.54, 1.807) is 0 Å². The van der Waals surface area contributed by atoms with E-state index < -0.39 is 18.1 Å². The van der Waals surface area contributed by atoms with Crippen molar-refractivity contribution < 1.29 is 14.7 Å². The van der Waals surface area contributed by atoms with Crippen molar-refractivity contribution in [2.24, 2.45) is 5.73 Å². The number of amides is 2. The zero-order valence-electron chi connectivity index (χ0n) is 13.5. The monoisotopic (exact) mass is 343 g/mol. The molecule has 0 aliphatic carbocycles. The highest BCUT2D eigenvalue weighted by atomic mass is 35.5. The van der Waals surface area contributed by atoms with Crippen molar-refractivity contribution >= 4 is 24.2 Å². The van der Waals surface area contributed by atoms with Gasteiger partial charge in [0.2, 0.25) is 5.91 Å². The van der Waals surface area contributed by atoms with Crippen LogP contribution in [0.25, 0.3) is 0 Å².